The standard InChI is InChI=1S/C36H48ClN5O5S/c1-23-19-27(37)20-24(2)34(23)48(46,47)42-31-11-4-3-10-29(31)40-35(44)32(42)22-33(43)39-30(36(45)41-17-7-8-18-41)21-25-12-14-26(15-13-25)28-9-5-6-16-38-28/h3-4,10-11,19-20,25-26,28,30,32,38H,5-9,12-18,21-22H2,1-2H3,(H,39,43)(H,40,44). The summed E-state index contributed by atoms with van der Waals surface area (Å²) >= 11 is 6.23. The monoisotopic (exact) mass is 697 g/mol. The van der Waals surface area contributed by atoms with Gasteiger partial charge in [0.15, 0.2) is 0 Å². The maximum atomic E-state index is 14.5. The normalized spacial score (nSPS) is 25.3. The van der Waals surface area contributed by atoms with Crippen LogP contribution >= 0.6 is 11.6 Å². The second kappa shape index (κ2) is 14.8. The van der Waals surface area contributed by atoms with Crippen LogP contribution in [0.5, 0.6) is 0 Å². The number of hydrogen-bond acceptors (Lipinski definition) is 6. The first-order valence-electron chi connectivity index (χ1n) is 17.6. The van der Waals surface area contributed by atoms with Gasteiger partial charge in [-0.25, -0.2) is 8.42 Å². The highest BCUT2D eigenvalue weighted by molar-refractivity contribution is 7.93. The third kappa shape index (κ3) is 7.38. The summed E-state index contributed by atoms with van der Waals surface area (Å²) in [6.07, 6.45) is 9.96. The maximum absolute atomic E-state index is 14.5. The number of nitrogens with one attached hydrogen (secondary N) is 3. The van der Waals surface area contributed by atoms with Gasteiger partial charge in [-0.3, -0.25) is 18.7 Å². The number of amides is 3. The molecule has 3 fully saturated rings. The molecule has 2 saturated heterocycles. The van der Waals surface area contributed by atoms with Gasteiger partial charge in [0.1, 0.15) is 12.1 Å². The number of rotatable bonds is 9. The van der Waals surface area contributed by atoms with Crippen molar-refractivity contribution in [2.24, 2.45) is 11.8 Å². The van der Waals surface area contributed by atoms with Crippen molar-refractivity contribution in [3.63, 3.8) is 0 Å². The Bertz CT molecular complexity index is 1610. The second-order valence-corrected chi connectivity index (χ2v) is 16.3. The van der Waals surface area contributed by atoms with Crippen molar-refractivity contribution in [1.29, 1.82) is 0 Å². The molecule has 0 spiro atoms. The van der Waals surface area contributed by atoms with E-state index in [1.54, 1.807) is 50.2 Å². The fourth-order valence-corrected chi connectivity index (χ4v) is 10.8. The van der Waals surface area contributed by atoms with Crippen LogP contribution in [0.25, 0.3) is 0 Å². The Hall–Kier alpha value is -3.15. The van der Waals surface area contributed by atoms with Crippen molar-refractivity contribution in [2.75, 3.05) is 29.3 Å². The van der Waals surface area contributed by atoms with Gasteiger partial charge in [-0.1, -0.05) is 43.0 Å². The zero-order valence-corrected chi connectivity index (χ0v) is 29.5. The molecule has 3 unspecified atom stereocenters. The molecule has 6 rings (SSSR count). The molecule has 10 nitrogen and oxygen atoms in total. The van der Waals surface area contributed by atoms with E-state index in [0.29, 0.717) is 59.2 Å². The minimum Gasteiger partial charge on any atom is -0.344 e. The van der Waals surface area contributed by atoms with Crippen LogP contribution in [-0.4, -0.2) is 68.8 Å². The third-order valence-corrected chi connectivity index (χ3v) is 13.1. The van der Waals surface area contributed by atoms with E-state index in [4.69, 9.17) is 11.6 Å². The van der Waals surface area contributed by atoms with Crippen LogP contribution in [-0.2, 0) is 24.4 Å². The van der Waals surface area contributed by atoms with Gasteiger partial charge in [0.05, 0.1) is 22.7 Å². The molecule has 3 N–H and O–H groups in total. The Morgan fingerprint density at radius 2 is 1.67 bits per heavy atom. The highest BCUT2D eigenvalue weighted by atomic mass is 35.5. The van der Waals surface area contributed by atoms with E-state index < -0.39 is 40.3 Å². The van der Waals surface area contributed by atoms with Crippen LogP contribution in [0.1, 0.15) is 81.8 Å². The molecule has 0 bridgehead atoms. The minimum atomic E-state index is -4.32. The lowest BCUT2D eigenvalue weighted by Gasteiger charge is -2.38. The van der Waals surface area contributed by atoms with Crippen LogP contribution < -0.4 is 20.3 Å². The Labute approximate surface area is 289 Å². The number of carbonyl (C=O) groups excluding carboxylic acids is 3. The first kappa shape index (κ1) is 34.7. The number of aryl methyl sites for hydroxylation is 2. The molecule has 2 aromatic carbocycles. The number of piperidine rings is 1. The lowest BCUT2D eigenvalue weighted by atomic mass is 9.75. The van der Waals surface area contributed by atoms with E-state index in [1.165, 1.54) is 19.3 Å². The summed E-state index contributed by atoms with van der Waals surface area (Å²) in [6, 6.07) is 8.31. The molecule has 1 aliphatic carbocycles. The van der Waals surface area contributed by atoms with Crippen LogP contribution in [0, 0.1) is 25.7 Å². The molecule has 0 radical (unpaired) electrons. The summed E-state index contributed by atoms with van der Waals surface area (Å²) in [7, 11) is -4.32. The maximum Gasteiger partial charge on any atom is 0.265 e. The van der Waals surface area contributed by atoms with Crippen LogP contribution in [0.15, 0.2) is 41.3 Å². The quantitative estimate of drug-likeness (QED) is 0.326. The third-order valence-electron chi connectivity index (χ3n) is 10.7. The molecule has 12 heteroatoms. The van der Waals surface area contributed by atoms with E-state index in [9.17, 15) is 22.8 Å². The molecule has 260 valence electrons. The van der Waals surface area contributed by atoms with Crippen LogP contribution in [0.3, 0.4) is 0 Å². The van der Waals surface area contributed by atoms with E-state index in [2.05, 4.69) is 16.0 Å². The summed E-state index contributed by atoms with van der Waals surface area (Å²) in [5.41, 5.74) is 1.50. The summed E-state index contributed by atoms with van der Waals surface area (Å²) in [5, 5.41) is 9.90. The fourth-order valence-electron chi connectivity index (χ4n) is 8.39. The van der Waals surface area contributed by atoms with Gasteiger partial charge in [0.25, 0.3) is 10.0 Å². The SMILES string of the molecule is Cc1cc(Cl)cc(C)c1S(=O)(=O)N1c2ccccc2NC(=O)C1CC(=O)NC(CC1CCC(C2CCCCN2)CC1)C(=O)N1CCCC1. The van der Waals surface area contributed by atoms with Crippen molar-refractivity contribution in [3.05, 3.63) is 52.5 Å². The van der Waals surface area contributed by atoms with Crippen molar-refractivity contribution < 1.29 is 22.8 Å². The molecular formula is C36H48ClN5O5S. The number of hydrogen-bond donors (Lipinski definition) is 3. The fraction of sp³-hybridized carbons (Fsp3) is 0.583. The number of fused-ring (bicyclic) bond motifs is 1. The first-order valence-corrected chi connectivity index (χ1v) is 19.4. The van der Waals surface area contributed by atoms with Gasteiger partial charge in [0.2, 0.25) is 17.7 Å². The summed E-state index contributed by atoms with van der Waals surface area (Å²) in [5.74, 6) is -0.269. The van der Waals surface area contributed by atoms with Gasteiger partial charge in [-0.15, -0.1) is 0 Å². The van der Waals surface area contributed by atoms with Gasteiger partial charge >= 0.3 is 0 Å². The number of halogens is 1. The van der Waals surface area contributed by atoms with Crippen LogP contribution in [0.4, 0.5) is 11.4 Å². The van der Waals surface area contributed by atoms with Gasteiger partial charge in [0, 0.05) is 24.2 Å². The molecule has 3 amide bonds. The lowest BCUT2D eigenvalue weighted by molar-refractivity contribution is -0.136. The number of nitrogens with zero attached hydrogens (tertiary/aromatic N) is 2. The first-order chi connectivity index (χ1) is 23.0. The summed E-state index contributed by atoms with van der Waals surface area (Å²) in [4.78, 5) is 43.2. The number of likely N-dealkylation sites (tertiary alicyclic amines) is 1. The summed E-state index contributed by atoms with van der Waals surface area (Å²) < 4.78 is 30.0. The van der Waals surface area contributed by atoms with Gasteiger partial charge in [-0.2, -0.15) is 0 Å². The van der Waals surface area contributed by atoms with Crippen LogP contribution in [0.2, 0.25) is 5.02 Å². The molecule has 3 heterocycles. The van der Waals surface area contributed by atoms with Gasteiger partial charge in [-0.05, 0) is 113 Å². The average molecular weight is 698 g/mol. The van der Waals surface area contributed by atoms with Crippen molar-refractivity contribution >= 4 is 50.7 Å². The second-order valence-electron chi connectivity index (χ2n) is 14.1. The number of carbonyl (C=O) groups is 3. The highest BCUT2D eigenvalue weighted by Crippen LogP contribution is 2.40. The molecule has 2 aromatic rings. The topological polar surface area (TPSA) is 128 Å². The largest absolute Gasteiger partial charge is 0.344 e. The zero-order valence-electron chi connectivity index (χ0n) is 28.0. The number of para-hydroxylation sites is 2. The molecule has 4 aliphatic rings. The Morgan fingerprint density at radius 3 is 2.33 bits per heavy atom. The Balaban J connectivity index is 1.22. The number of anilines is 2. The molecular weight excluding hydrogens is 650 g/mol. The van der Waals surface area contributed by atoms with Crippen molar-refractivity contribution in [2.45, 2.75) is 107 Å². The molecule has 1 saturated carbocycles. The summed E-state index contributed by atoms with van der Waals surface area (Å²) in [6.45, 7) is 5.75. The van der Waals surface area contributed by atoms with E-state index >= 15 is 0 Å². The predicted molar refractivity (Wildman–Crippen MR) is 188 cm³/mol. The number of sulfonamides is 1. The minimum absolute atomic E-state index is 0.0444. The number of benzene rings is 2. The average Bonchev–Trinajstić information content (AvgIpc) is 3.60. The Morgan fingerprint density at radius 1 is 0.979 bits per heavy atom. The molecule has 3 atom stereocenters. The molecule has 3 aliphatic heterocycles. The molecule has 0 aromatic heterocycles. The van der Waals surface area contributed by atoms with E-state index in [-0.39, 0.29) is 16.5 Å². The van der Waals surface area contributed by atoms with Gasteiger partial charge < -0.3 is 20.9 Å². The Kier molecular flexibility index (Phi) is 10.7. The van der Waals surface area contributed by atoms with Crippen molar-refractivity contribution in [3.8, 4) is 0 Å². The zero-order chi connectivity index (χ0) is 34.0. The predicted octanol–water partition coefficient (Wildman–Crippen LogP) is 5.31. The van der Waals surface area contributed by atoms with E-state index in [1.807, 2.05) is 4.90 Å². The molecule has 48 heavy (non-hydrogen) atoms. The van der Waals surface area contributed by atoms with E-state index in [0.717, 1.165) is 49.4 Å². The van der Waals surface area contributed by atoms with Crippen molar-refractivity contribution in [1.82, 2.24) is 15.5 Å². The lowest BCUT2D eigenvalue weighted by Crippen LogP contribution is -2.55. The highest BCUT2D eigenvalue weighted by Gasteiger charge is 2.44. The smallest absolute Gasteiger partial charge is 0.265 e.